The van der Waals surface area contributed by atoms with E-state index >= 15 is 0 Å². The van der Waals surface area contributed by atoms with Gasteiger partial charge in [-0.15, -0.1) is 5.10 Å². The molecule has 0 saturated carbocycles. The summed E-state index contributed by atoms with van der Waals surface area (Å²) in [6, 6.07) is 4.09. The summed E-state index contributed by atoms with van der Waals surface area (Å²) in [4.78, 5) is 32.2. The lowest BCUT2D eigenvalue weighted by atomic mass is 10.1. The Hall–Kier alpha value is -2.81. The Morgan fingerprint density at radius 2 is 2.17 bits per heavy atom. The van der Waals surface area contributed by atoms with Gasteiger partial charge in [0, 0.05) is 30.6 Å². The zero-order valence-corrected chi connectivity index (χ0v) is 13.7. The summed E-state index contributed by atoms with van der Waals surface area (Å²) in [5.41, 5.74) is 1.25. The Kier molecular flexibility index (Phi) is 4.52. The second-order valence-electron chi connectivity index (χ2n) is 5.14. The predicted molar refractivity (Wildman–Crippen MR) is 89.5 cm³/mol. The number of aryl methyl sites for hydroxylation is 1. The number of carbonyl (C=O) groups is 1. The molecule has 0 saturated heterocycles. The van der Waals surface area contributed by atoms with Crippen LogP contribution in [0.4, 0.5) is 5.13 Å². The largest absolute Gasteiger partial charge is 0.480 e. The molecule has 24 heavy (non-hydrogen) atoms. The normalized spacial score (nSPS) is 12.2. The van der Waals surface area contributed by atoms with Crippen molar-refractivity contribution in [3.05, 3.63) is 52.2 Å². The second-order valence-corrected chi connectivity index (χ2v) is 6.09. The van der Waals surface area contributed by atoms with Gasteiger partial charge in [-0.25, -0.2) is 9.78 Å². The highest BCUT2D eigenvalue weighted by Gasteiger charge is 2.20. The van der Waals surface area contributed by atoms with Crippen LogP contribution in [0.2, 0.25) is 0 Å². The number of anilines is 1. The fraction of sp³-hybridized carbons (Fsp3) is 0.267. The number of aromatic nitrogens is 4. The van der Waals surface area contributed by atoms with Crippen molar-refractivity contribution in [3.63, 3.8) is 0 Å². The maximum atomic E-state index is 12.0. The van der Waals surface area contributed by atoms with E-state index in [1.165, 1.54) is 10.6 Å². The first-order chi connectivity index (χ1) is 11.6. The van der Waals surface area contributed by atoms with Crippen molar-refractivity contribution in [1.29, 1.82) is 0 Å². The summed E-state index contributed by atoms with van der Waals surface area (Å²) in [6.07, 6.45) is 4.14. The average molecular weight is 345 g/mol. The van der Waals surface area contributed by atoms with Gasteiger partial charge < -0.3 is 10.4 Å². The highest BCUT2D eigenvalue weighted by molar-refractivity contribution is 7.20. The van der Waals surface area contributed by atoms with Crippen molar-refractivity contribution in [2.24, 2.45) is 0 Å². The van der Waals surface area contributed by atoms with Gasteiger partial charge in [0.15, 0.2) is 0 Å². The quantitative estimate of drug-likeness (QED) is 0.691. The SMILES string of the molecule is CCc1cc(=O)n2nc(NC(Cc3ccncc3)C(=O)O)sc2n1. The monoisotopic (exact) mass is 345 g/mol. The van der Waals surface area contributed by atoms with Gasteiger partial charge in [0.05, 0.1) is 0 Å². The summed E-state index contributed by atoms with van der Waals surface area (Å²) in [7, 11) is 0. The Morgan fingerprint density at radius 3 is 2.83 bits per heavy atom. The van der Waals surface area contributed by atoms with Crippen LogP contribution in [0, 0.1) is 0 Å². The van der Waals surface area contributed by atoms with Crippen LogP contribution in [-0.2, 0) is 17.6 Å². The van der Waals surface area contributed by atoms with Crippen molar-refractivity contribution in [1.82, 2.24) is 19.6 Å². The van der Waals surface area contributed by atoms with E-state index < -0.39 is 12.0 Å². The predicted octanol–water partition coefficient (Wildman–Crippen LogP) is 1.22. The number of fused-ring (bicyclic) bond motifs is 1. The van der Waals surface area contributed by atoms with Gasteiger partial charge in [-0.2, -0.15) is 4.52 Å². The van der Waals surface area contributed by atoms with E-state index in [2.05, 4.69) is 20.4 Å². The lowest BCUT2D eigenvalue weighted by Gasteiger charge is -2.12. The minimum Gasteiger partial charge on any atom is -0.480 e. The molecule has 3 rings (SSSR count). The van der Waals surface area contributed by atoms with Crippen LogP contribution in [-0.4, -0.2) is 36.7 Å². The molecular weight excluding hydrogens is 330 g/mol. The molecule has 0 aliphatic carbocycles. The Balaban J connectivity index is 1.87. The number of carboxylic acid groups (broad SMARTS) is 1. The number of aliphatic carboxylic acids is 1. The molecule has 0 radical (unpaired) electrons. The van der Waals surface area contributed by atoms with E-state index in [0.717, 1.165) is 16.9 Å². The molecule has 124 valence electrons. The van der Waals surface area contributed by atoms with Crippen molar-refractivity contribution in [3.8, 4) is 0 Å². The van der Waals surface area contributed by atoms with Gasteiger partial charge in [0.2, 0.25) is 10.1 Å². The molecular formula is C15H15N5O3S. The number of hydrogen-bond donors (Lipinski definition) is 2. The van der Waals surface area contributed by atoms with Crippen LogP contribution in [0.1, 0.15) is 18.2 Å². The van der Waals surface area contributed by atoms with Crippen LogP contribution in [0.25, 0.3) is 4.96 Å². The first-order valence-electron chi connectivity index (χ1n) is 7.35. The third kappa shape index (κ3) is 3.40. The molecule has 1 unspecified atom stereocenters. The number of nitrogens with one attached hydrogen (secondary N) is 1. The average Bonchev–Trinajstić information content (AvgIpc) is 2.98. The first kappa shape index (κ1) is 16.1. The maximum absolute atomic E-state index is 12.0. The molecule has 0 aliphatic heterocycles. The van der Waals surface area contributed by atoms with Crippen LogP contribution in [0.3, 0.4) is 0 Å². The number of carboxylic acids is 1. The van der Waals surface area contributed by atoms with Gasteiger partial charge >= 0.3 is 5.97 Å². The standard InChI is InChI=1S/C15H15N5O3S/c1-2-10-8-12(21)20-15(17-10)24-14(19-20)18-11(13(22)23)7-9-3-5-16-6-4-9/h3-6,8,11H,2,7H2,1H3,(H,18,19)(H,22,23). The van der Waals surface area contributed by atoms with Gasteiger partial charge in [-0.05, 0) is 24.1 Å². The number of nitrogens with zero attached hydrogens (tertiary/aromatic N) is 4. The lowest BCUT2D eigenvalue weighted by Crippen LogP contribution is -2.31. The third-order valence-corrected chi connectivity index (χ3v) is 4.28. The Morgan fingerprint density at radius 1 is 1.42 bits per heavy atom. The van der Waals surface area contributed by atoms with E-state index in [0.29, 0.717) is 22.2 Å². The summed E-state index contributed by atoms with van der Waals surface area (Å²) < 4.78 is 1.18. The summed E-state index contributed by atoms with van der Waals surface area (Å²) >= 11 is 1.15. The molecule has 0 amide bonds. The summed E-state index contributed by atoms with van der Waals surface area (Å²) in [5, 5.41) is 16.8. The Bertz CT molecular complexity index is 922. The van der Waals surface area contributed by atoms with Crippen LogP contribution in [0.5, 0.6) is 0 Å². The zero-order valence-electron chi connectivity index (χ0n) is 12.8. The maximum Gasteiger partial charge on any atom is 0.326 e. The molecule has 2 N–H and O–H groups in total. The second kappa shape index (κ2) is 6.75. The van der Waals surface area contributed by atoms with Crippen LogP contribution >= 0.6 is 11.3 Å². The fourth-order valence-corrected chi connectivity index (χ4v) is 3.08. The van der Waals surface area contributed by atoms with E-state index in [1.807, 2.05) is 6.92 Å². The van der Waals surface area contributed by atoms with Crippen molar-refractivity contribution >= 4 is 27.4 Å². The van der Waals surface area contributed by atoms with E-state index in [9.17, 15) is 14.7 Å². The van der Waals surface area contributed by atoms with Crippen LogP contribution < -0.4 is 10.9 Å². The highest BCUT2D eigenvalue weighted by atomic mass is 32.1. The fourth-order valence-electron chi connectivity index (χ4n) is 2.20. The topological polar surface area (TPSA) is 109 Å². The summed E-state index contributed by atoms with van der Waals surface area (Å²) in [5.74, 6) is -0.999. The van der Waals surface area contributed by atoms with Gasteiger partial charge in [0.1, 0.15) is 6.04 Å². The molecule has 3 heterocycles. The molecule has 0 aromatic carbocycles. The van der Waals surface area contributed by atoms with Gasteiger partial charge in [0.25, 0.3) is 5.56 Å². The molecule has 3 aromatic rings. The number of hydrogen-bond acceptors (Lipinski definition) is 7. The smallest absolute Gasteiger partial charge is 0.326 e. The minimum absolute atomic E-state index is 0.274. The molecule has 3 aromatic heterocycles. The highest BCUT2D eigenvalue weighted by Crippen LogP contribution is 2.18. The van der Waals surface area contributed by atoms with Gasteiger partial charge in [-0.3, -0.25) is 9.78 Å². The van der Waals surface area contributed by atoms with Crippen molar-refractivity contribution in [2.45, 2.75) is 25.8 Å². The third-order valence-electron chi connectivity index (χ3n) is 3.45. The minimum atomic E-state index is -0.999. The van der Waals surface area contributed by atoms with Gasteiger partial charge in [-0.1, -0.05) is 18.3 Å². The molecule has 9 heteroatoms. The first-order valence-corrected chi connectivity index (χ1v) is 8.16. The number of rotatable bonds is 6. The summed E-state index contributed by atoms with van der Waals surface area (Å²) in [6.45, 7) is 1.91. The van der Waals surface area contributed by atoms with E-state index in [1.54, 1.807) is 24.5 Å². The lowest BCUT2D eigenvalue weighted by molar-refractivity contribution is -0.137. The zero-order chi connectivity index (χ0) is 17.1. The molecule has 0 bridgehead atoms. The number of pyridine rings is 1. The van der Waals surface area contributed by atoms with E-state index in [4.69, 9.17) is 0 Å². The van der Waals surface area contributed by atoms with Crippen molar-refractivity contribution < 1.29 is 9.90 Å². The van der Waals surface area contributed by atoms with E-state index in [-0.39, 0.29) is 12.0 Å². The molecule has 8 nitrogen and oxygen atoms in total. The Labute approximate surface area is 140 Å². The van der Waals surface area contributed by atoms with Crippen molar-refractivity contribution in [2.75, 3.05) is 5.32 Å². The molecule has 0 aliphatic rings. The van der Waals surface area contributed by atoms with Crippen LogP contribution in [0.15, 0.2) is 35.4 Å². The molecule has 0 spiro atoms. The molecule has 0 fully saturated rings. The molecule has 1 atom stereocenters.